The summed E-state index contributed by atoms with van der Waals surface area (Å²) in [4.78, 5) is 14.8. The van der Waals surface area contributed by atoms with E-state index in [-0.39, 0.29) is 11.6 Å². The molecule has 0 amide bonds. The Balaban J connectivity index is 2.11. The third-order valence-corrected chi connectivity index (χ3v) is 4.02. The Bertz CT molecular complexity index is 907. The first kappa shape index (κ1) is 15.2. The molecule has 1 aromatic heterocycles. The Hall–Kier alpha value is -2.74. The van der Waals surface area contributed by atoms with Gasteiger partial charge in [-0.25, -0.2) is 0 Å². The molecule has 0 saturated heterocycles. The maximum absolute atomic E-state index is 11.0. The van der Waals surface area contributed by atoms with Crippen molar-refractivity contribution in [1.82, 2.24) is 10.1 Å². The van der Waals surface area contributed by atoms with Gasteiger partial charge in [0.2, 0.25) is 5.82 Å². The van der Waals surface area contributed by atoms with Gasteiger partial charge in [0, 0.05) is 22.2 Å². The summed E-state index contributed by atoms with van der Waals surface area (Å²) < 4.78 is 5.65. The molecule has 23 heavy (non-hydrogen) atoms. The van der Waals surface area contributed by atoms with Gasteiger partial charge in [0.05, 0.1) is 16.2 Å². The Morgan fingerprint density at radius 2 is 2.00 bits per heavy atom. The van der Waals surface area contributed by atoms with Gasteiger partial charge in [-0.3, -0.25) is 10.1 Å². The minimum atomic E-state index is -0.508. The second-order valence-corrected chi connectivity index (χ2v) is 5.74. The number of non-ortho nitro benzene ring substituents is 1. The molecule has 0 unspecified atom stereocenters. The third kappa shape index (κ3) is 2.80. The highest BCUT2D eigenvalue weighted by molar-refractivity contribution is 9.10. The van der Waals surface area contributed by atoms with E-state index in [1.807, 2.05) is 31.2 Å². The summed E-state index contributed by atoms with van der Waals surface area (Å²) in [6, 6.07) is 10.2. The minimum Gasteiger partial charge on any atom is -0.397 e. The second kappa shape index (κ2) is 5.81. The number of hydrogen-bond acceptors (Lipinski definition) is 6. The number of halogens is 1. The van der Waals surface area contributed by atoms with E-state index in [0.29, 0.717) is 21.5 Å². The zero-order valence-electron chi connectivity index (χ0n) is 12.0. The minimum absolute atomic E-state index is 0.114. The van der Waals surface area contributed by atoms with Gasteiger partial charge in [-0.2, -0.15) is 4.98 Å². The van der Waals surface area contributed by atoms with Crippen LogP contribution in [0.1, 0.15) is 5.56 Å². The highest BCUT2D eigenvalue weighted by Crippen LogP contribution is 2.36. The first-order valence-electron chi connectivity index (χ1n) is 6.61. The molecule has 7 nitrogen and oxygen atoms in total. The molecule has 0 aliphatic heterocycles. The zero-order valence-corrected chi connectivity index (χ0v) is 13.6. The van der Waals surface area contributed by atoms with Crippen molar-refractivity contribution in [2.75, 3.05) is 5.73 Å². The highest BCUT2D eigenvalue weighted by atomic mass is 79.9. The number of nitro groups is 1. The van der Waals surface area contributed by atoms with E-state index < -0.39 is 4.92 Å². The monoisotopic (exact) mass is 374 g/mol. The molecule has 2 aromatic carbocycles. The predicted molar refractivity (Wildman–Crippen MR) is 88.7 cm³/mol. The fourth-order valence-electron chi connectivity index (χ4n) is 2.15. The molecule has 1 heterocycles. The van der Waals surface area contributed by atoms with Crippen molar-refractivity contribution in [2.45, 2.75) is 6.92 Å². The fourth-order valence-corrected chi connectivity index (χ4v) is 2.60. The van der Waals surface area contributed by atoms with Crippen LogP contribution in [-0.4, -0.2) is 15.1 Å². The number of anilines is 1. The highest BCUT2D eigenvalue weighted by Gasteiger charge is 2.20. The molecule has 0 spiro atoms. The van der Waals surface area contributed by atoms with Gasteiger partial charge in [0.15, 0.2) is 0 Å². The van der Waals surface area contributed by atoms with Gasteiger partial charge in [-0.15, -0.1) is 0 Å². The lowest BCUT2D eigenvalue weighted by molar-refractivity contribution is -0.384. The number of aryl methyl sites for hydroxylation is 1. The predicted octanol–water partition coefficient (Wildman–Crippen LogP) is 3.96. The standard InChI is InChI=1S/C15H11BrN4O3/c1-8-4-2-3-5-10(8)14-18-15(23-19-14)11-6-9(20(21)22)7-12(16)13(11)17/h2-7H,17H2,1H3. The van der Waals surface area contributed by atoms with Gasteiger partial charge in [0.1, 0.15) is 0 Å². The Morgan fingerprint density at radius 1 is 1.26 bits per heavy atom. The van der Waals surface area contributed by atoms with E-state index in [0.717, 1.165) is 11.1 Å². The molecule has 0 aliphatic carbocycles. The van der Waals surface area contributed by atoms with Crippen LogP contribution in [0, 0.1) is 17.0 Å². The van der Waals surface area contributed by atoms with Crippen LogP contribution >= 0.6 is 15.9 Å². The number of hydrogen-bond donors (Lipinski definition) is 1. The van der Waals surface area contributed by atoms with E-state index in [2.05, 4.69) is 26.1 Å². The fraction of sp³-hybridized carbons (Fsp3) is 0.0667. The van der Waals surface area contributed by atoms with Crippen LogP contribution in [0.25, 0.3) is 22.8 Å². The van der Waals surface area contributed by atoms with Crippen molar-refractivity contribution in [1.29, 1.82) is 0 Å². The Labute approximate surface area is 139 Å². The number of benzene rings is 2. The van der Waals surface area contributed by atoms with Crippen molar-refractivity contribution in [3.8, 4) is 22.8 Å². The summed E-state index contributed by atoms with van der Waals surface area (Å²) in [5, 5.41) is 14.9. The lowest BCUT2D eigenvalue weighted by Crippen LogP contribution is -1.96. The van der Waals surface area contributed by atoms with E-state index in [4.69, 9.17) is 10.3 Å². The maximum atomic E-state index is 11.0. The number of nitrogens with zero attached hydrogens (tertiary/aromatic N) is 3. The summed E-state index contributed by atoms with van der Waals surface area (Å²) in [5.74, 6) is 0.533. The molecule has 3 aromatic rings. The average molecular weight is 375 g/mol. The molecule has 0 bridgehead atoms. The van der Waals surface area contributed by atoms with Crippen molar-refractivity contribution in [3.63, 3.8) is 0 Å². The molecular formula is C15H11BrN4O3. The molecule has 0 fully saturated rings. The average Bonchev–Trinajstić information content (AvgIpc) is 2.99. The molecule has 0 saturated carbocycles. The molecular weight excluding hydrogens is 364 g/mol. The number of aromatic nitrogens is 2. The number of nitrogen functional groups attached to an aromatic ring is 1. The first-order valence-corrected chi connectivity index (χ1v) is 7.40. The van der Waals surface area contributed by atoms with Crippen molar-refractivity contribution in [2.24, 2.45) is 0 Å². The van der Waals surface area contributed by atoms with E-state index in [1.54, 1.807) is 0 Å². The van der Waals surface area contributed by atoms with Gasteiger partial charge < -0.3 is 10.3 Å². The molecule has 8 heteroatoms. The number of nitrogens with two attached hydrogens (primary N) is 1. The van der Waals surface area contributed by atoms with Crippen LogP contribution in [0.15, 0.2) is 45.4 Å². The van der Waals surface area contributed by atoms with Crippen molar-refractivity contribution >= 4 is 27.3 Å². The largest absolute Gasteiger partial charge is 0.397 e. The van der Waals surface area contributed by atoms with Crippen molar-refractivity contribution in [3.05, 3.63) is 56.5 Å². The summed E-state index contributed by atoms with van der Waals surface area (Å²) in [6.45, 7) is 1.93. The van der Waals surface area contributed by atoms with E-state index >= 15 is 0 Å². The summed E-state index contributed by atoms with van der Waals surface area (Å²) in [6.07, 6.45) is 0. The number of nitro benzene ring substituents is 1. The van der Waals surface area contributed by atoms with Gasteiger partial charge >= 0.3 is 0 Å². The number of rotatable bonds is 3. The summed E-state index contributed by atoms with van der Waals surface area (Å²) >= 11 is 3.21. The van der Waals surface area contributed by atoms with Crippen LogP contribution in [0.2, 0.25) is 0 Å². The first-order chi connectivity index (χ1) is 11.0. The molecule has 3 rings (SSSR count). The normalized spacial score (nSPS) is 10.7. The smallest absolute Gasteiger partial charge is 0.271 e. The van der Waals surface area contributed by atoms with Crippen LogP contribution in [0.5, 0.6) is 0 Å². The summed E-state index contributed by atoms with van der Waals surface area (Å²) in [7, 11) is 0. The zero-order chi connectivity index (χ0) is 16.6. The molecule has 116 valence electrons. The lowest BCUT2D eigenvalue weighted by Gasteiger charge is -2.03. The van der Waals surface area contributed by atoms with E-state index in [1.165, 1.54) is 12.1 Å². The van der Waals surface area contributed by atoms with Crippen LogP contribution < -0.4 is 5.73 Å². The topological polar surface area (TPSA) is 108 Å². The van der Waals surface area contributed by atoms with Gasteiger partial charge in [-0.05, 0) is 28.4 Å². The quantitative estimate of drug-likeness (QED) is 0.422. The Morgan fingerprint density at radius 3 is 2.70 bits per heavy atom. The maximum Gasteiger partial charge on any atom is 0.271 e. The summed E-state index contributed by atoms with van der Waals surface area (Å²) in [5.41, 5.74) is 8.29. The van der Waals surface area contributed by atoms with Gasteiger partial charge in [-0.1, -0.05) is 29.4 Å². The lowest BCUT2D eigenvalue weighted by atomic mass is 10.1. The van der Waals surface area contributed by atoms with Crippen LogP contribution in [0.4, 0.5) is 11.4 Å². The third-order valence-electron chi connectivity index (χ3n) is 3.37. The Kier molecular flexibility index (Phi) is 3.83. The van der Waals surface area contributed by atoms with E-state index in [9.17, 15) is 10.1 Å². The molecule has 0 atom stereocenters. The molecule has 0 radical (unpaired) electrons. The van der Waals surface area contributed by atoms with Crippen molar-refractivity contribution < 1.29 is 9.45 Å². The second-order valence-electron chi connectivity index (χ2n) is 4.88. The molecule has 2 N–H and O–H groups in total. The molecule has 0 aliphatic rings. The van der Waals surface area contributed by atoms with Gasteiger partial charge in [0.25, 0.3) is 11.6 Å². The SMILES string of the molecule is Cc1ccccc1-c1noc(-c2cc([N+](=O)[O-])cc(Br)c2N)n1. The van der Waals surface area contributed by atoms with Crippen LogP contribution in [-0.2, 0) is 0 Å². The van der Waals surface area contributed by atoms with Crippen LogP contribution in [0.3, 0.4) is 0 Å².